The number of rotatable bonds is 8. The maximum absolute atomic E-state index is 5.86. The Bertz CT molecular complexity index is 628. The molecule has 1 N–H and O–H groups in total. The van der Waals surface area contributed by atoms with E-state index in [-0.39, 0.29) is 0 Å². The zero-order valence-corrected chi connectivity index (χ0v) is 14.0. The summed E-state index contributed by atoms with van der Waals surface area (Å²) in [6.45, 7) is 3.07. The Balaban J connectivity index is 1.53. The Kier molecular flexibility index (Phi) is 6.04. The highest BCUT2D eigenvalue weighted by Gasteiger charge is 2.14. The predicted octanol–water partition coefficient (Wildman–Crippen LogP) is 2.94. The van der Waals surface area contributed by atoms with E-state index in [1.165, 1.54) is 12.0 Å². The number of nitrogens with zero attached hydrogens (tertiary/aromatic N) is 1. The number of methoxy groups -OCH3 is 1. The van der Waals surface area contributed by atoms with Gasteiger partial charge >= 0.3 is 0 Å². The van der Waals surface area contributed by atoms with E-state index in [0.717, 1.165) is 43.2 Å². The van der Waals surface area contributed by atoms with Gasteiger partial charge in [0.15, 0.2) is 11.5 Å². The van der Waals surface area contributed by atoms with Gasteiger partial charge in [-0.25, -0.2) is 0 Å². The molecule has 1 saturated heterocycles. The van der Waals surface area contributed by atoms with Gasteiger partial charge in [0.05, 0.1) is 13.2 Å². The first-order valence-corrected chi connectivity index (χ1v) is 8.36. The van der Waals surface area contributed by atoms with E-state index in [1.807, 2.05) is 24.3 Å². The van der Waals surface area contributed by atoms with Crippen molar-refractivity contribution in [1.29, 1.82) is 0 Å². The smallest absolute Gasteiger partial charge is 0.161 e. The summed E-state index contributed by atoms with van der Waals surface area (Å²) >= 11 is 0. The van der Waals surface area contributed by atoms with Gasteiger partial charge in [-0.05, 0) is 48.2 Å². The molecule has 0 spiro atoms. The largest absolute Gasteiger partial charge is 0.493 e. The minimum Gasteiger partial charge on any atom is -0.493 e. The van der Waals surface area contributed by atoms with Gasteiger partial charge in [0.2, 0.25) is 0 Å². The lowest BCUT2D eigenvalue weighted by Crippen LogP contribution is -2.25. The molecule has 2 aromatic rings. The fraction of sp³-hybridized carbons (Fsp3) is 0.421. The molecule has 5 nitrogen and oxygen atoms in total. The fourth-order valence-electron chi connectivity index (χ4n) is 2.76. The molecule has 0 unspecified atom stereocenters. The first kappa shape index (κ1) is 16.7. The first-order chi connectivity index (χ1) is 11.8. The van der Waals surface area contributed by atoms with Crippen LogP contribution in [0.1, 0.15) is 24.0 Å². The summed E-state index contributed by atoms with van der Waals surface area (Å²) in [5.74, 6) is 1.50. The Hall–Kier alpha value is -2.11. The number of ether oxygens (including phenoxy) is 3. The molecule has 3 rings (SSSR count). The van der Waals surface area contributed by atoms with Crippen LogP contribution in [0.3, 0.4) is 0 Å². The highest BCUT2D eigenvalue weighted by atomic mass is 16.5. The van der Waals surface area contributed by atoms with Crippen LogP contribution >= 0.6 is 0 Å². The highest BCUT2D eigenvalue weighted by molar-refractivity contribution is 5.43. The highest BCUT2D eigenvalue weighted by Crippen LogP contribution is 2.28. The lowest BCUT2D eigenvalue weighted by atomic mass is 10.2. The zero-order valence-electron chi connectivity index (χ0n) is 14.0. The number of benzene rings is 1. The van der Waals surface area contributed by atoms with Gasteiger partial charge in [-0.2, -0.15) is 0 Å². The Labute approximate surface area is 143 Å². The number of pyridine rings is 1. The van der Waals surface area contributed by atoms with E-state index in [1.54, 1.807) is 19.5 Å². The lowest BCUT2D eigenvalue weighted by molar-refractivity contribution is 0.110. The minimum absolute atomic E-state index is 0.356. The molecule has 1 aliphatic rings. The minimum atomic E-state index is 0.356. The third kappa shape index (κ3) is 4.69. The van der Waals surface area contributed by atoms with E-state index in [2.05, 4.69) is 16.4 Å². The molecular formula is C19H24N2O3. The van der Waals surface area contributed by atoms with E-state index in [0.29, 0.717) is 12.7 Å². The van der Waals surface area contributed by atoms with Crippen molar-refractivity contribution in [1.82, 2.24) is 10.3 Å². The summed E-state index contributed by atoms with van der Waals surface area (Å²) in [6.07, 6.45) is 6.20. The van der Waals surface area contributed by atoms with Crippen LogP contribution in [-0.4, -0.2) is 31.3 Å². The molecule has 24 heavy (non-hydrogen) atoms. The van der Waals surface area contributed by atoms with Gasteiger partial charge in [-0.15, -0.1) is 0 Å². The SMILES string of the molecule is COc1cc(CNC[C@@H]2CCCO2)ccc1OCc1ccncc1. The molecule has 1 aliphatic heterocycles. The van der Waals surface area contributed by atoms with Crippen LogP contribution in [0, 0.1) is 0 Å². The maximum Gasteiger partial charge on any atom is 0.161 e. The van der Waals surface area contributed by atoms with Crippen molar-refractivity contribution >= 4 is 0 Å². The van der Waals surface area contributed by atoms with Crippen LogP contribution in [0.5, 0.6) is 11.5 Å². The van der Waals surface area contributed by atoms with Crippen molar-refractivity contribution in [2.24, 2.45) is 0 Å². The van der Waals surface area contributed by atoms with Crippen molar-refractivity contribution in [3.05, 3.63) is 53.9 Å². The van der Waals surface area contributed by atoms with Gasteiger partial charge in [0, 0.05) is 32.1 Å². The Morgan fingerprint density at radius 1 is 1.17 bits per heavy atom. The van der Waals surface area contributed by atoms with Gasteiger partial charge in [0.25, 0.3) is 0 Å². The van der Waals surface area contributed by atoms with Crippen LogP contribution in [0.2, 0.25) is 0 Å². The maximum atomic E-state index is 5.86. The van der Waals surface area contributed by atoms with Crippen molar-refractivity contribution in [2.45, 2.75) is 32.1 Å². The van der Waals surface area contributed by atoms with Crippen LogP contribution in [0.25, 0.3) is 0 Å². The summed E-state index contributed by atoms with van der Waals surface area (Å²) in [6, 6.07) is 9.92. The number of aromatic nitrogens is 1. The van der Waals surface area contributed by atoms with Crippen molar-refractivity contribution in [3.63, 3.8) is 0 Å². The van der Waals surface area contributed by atoms with E-state index >= 15 is 0 Å². The molecule has 2 heterocycles. The second kappa shape index (κ2) is 8.66. The average molecular weight is 328 g/mol. The standard InChI is InChI=1S/C19H24N2O3/c1-22-19-11-16(12-21-13-17-3-2-10-23-17)4-5-18(19)24-14-15-6-8-20-9-7-15/h4-9,11,17,21H,2-3,10,12-14H2,1H3/t17-/m0/s1. The van der Waals surface area contributed by atoms with Crippen LogP contribution in [-0.2, 0) is 17.9 Å². The number of hydrogen-bond acceptors (Lipinski definition) is 5. The molecule has 0 saturated carbocycles. The predicted molar refractivity (Wildman–Crippen MR) is 92.2 cm³/mol. The molecule has 1 aromatic heterocycles. The Morgan fingerprint density at radius 2 is 2.04 bits per heavy atom. The molecule has 0 radical (unpaired) electrons. The molecule has 5 heteroatoms. The van der Waals surface area contributed by atoms with Crippen LogP contribution in [0.4, 0.5) is 0 Å². The van der Waals surface area contributed by atoms with Gasteiger partial charge < -0.3 is 19.5 Å². The summed E-state index contributed by atoms with van der Waals surface area (Å²) in [4.78, 5) is 4.01. The molecule has 128 valence electrons. The third-order valence-electron chi connectivity index (χ3n) is 4.10. The van der Waals surface area contributed by atoms with Crippen molar-refractivity contribution < 1.29 is 14.2 Å². The summed E-state index contributed by atoms with van der Waals surface area (Å²) in [5.41, 5.74) is 2.25. The molecule has 1 fully saturated rings. The second-order valence-corrected chi connectivity index (χ2v) is 5.90. The normalized spacial score (nSPS) is 17.0. The molecule has 0 amide bonds. The quantitative estimate of drug-likeness (QED) is 0.807. The molecule has 0 aliphatic carbocycles. The average Bonchev–Trinajstić information content (AvgIpc) is 3.15. The van der Waals surface area contributed by atoms with Crippen molar-refractivity contribution in [2.75, 3.05) is 20.3 Å². The molecule has 1 aromatic carbocycles. The van der Waals surface area contributed by atoms with Gasteiger partial charge in [-0.3, -0.25) is 4.98 Å². The van der Waals surface area contributed by atoms with E-state index in [4.69, 9.17) is 14.2 Å². The topological polar surface area (TPSA) is 52.6 Å². The summed E-state index contributed by atoms with van der Waals surface area (Å²) in [7, 11) is 1.66. The van der Waals surface area contributed by atoms with Gasteiger partial charge in [-0.1, -0.05) is 6.07 Å². The Morgan fingerprint density at radius 3 is 2.79 bits per heavy atom. The third-order valence-corrected chi connectivity index (χ3v) is 4.10. The van der Waals surface area contributed by atoms with Gasteiger partial charge in [0.1, 0.15) is 6.61 Å². The fourth-order valence-corrected chi connectivity index (χ4v) is 2.76. The second-order valence-electron chi connectivity index (χ2n) is 5.90. The summed E-state index contributed by atoms with van der Waals surface area (Å²) in [5, 5.41) is 3.44. The molecule has 0 bridgehead atoms. The number of nitrogens with one attached hydrogen (secondary N) is 1. The van der Waals surface area contributed by atoms with Crippen molar-refractivity contribution in [3.8, 4) is 11.5 Å². The monoisotopic (exact) mass is 328 g/mol. The zero-order chi connectivity index (χ0) is 16.6. The molecular weight excluding hydrogens is 304 g/mol. The molecule has 1 atom stereocenters. The number of hydrogen-bond donors (Lipinski definition) is 1. The first-order valence-electron chi connectivity index (χ1n) is 8.36. The summed E-state index contributed by atoms with van der Waals surface area (Å²) < 4.78 is 16.9. The lowest BCUT2D eigenvalue weighted by Gasteiger charge is -2.14. The van der Waals surface area contributed by atoms with Crippen LogP contribution < -0.4 is 14.8 Å². The van der Waals surface area contributed by atoms with E-state index < -0.39 is 0 Å². The van der Waals surface area contributed by atoms with Crippen LogP contribution in [0.15, 0.2) is 42.7 Å². The van der Waals surface area contributed by atoms with E-state index in [9.17, 15) is 0 Å².